The molecule has 2 aliphatic heterocycles. The second kappa shape index (κ2) is 6.32. The van der Waals surface area contributed by atoms with Crippen molar-refractivity contribution in [3.8, 4) is 5.75 Å². The average Bonchev–Trinajstić information content (AvgIpc) is 3.15. The fourth-order valence-electron chi connectivity index (χ4n) is 3.63. The van der Waals surface area contributed by atoms with Gasteiger partial charge in [-0.05, 0) is 25.3 Å². The molecule has 1 amide bonds. The summed E-state index contributed by atoms with van der Waals surface area (Å²) in [5.74, 6) is 1.45. The van der Waals surface area contributed by atoms with E-state index < -0.39 is 0 Å². The monoisotopic (exact) mass is 328 g/mol. The lowest BCUT2D eigenvalue weighted by atomic mass is 9.90. The first kappa shape index (κ1) is 14.7. The molecule has 0 N–H and O–H groups in total. The zero-order chi connectivity index (χ0) is 15.6. The van der Waals surface area contributed by atoms with Gasteiger partial charge in [0.2, 0.25) is 5.91 Å². The van der Waals surface area contributed by atoms with Crippen LogP contribution in [0.5, 0.6) is 5.75 Å². The standard InChI is InChI=1S/C18H20N2O2S/c21-18(15-7-10-22-16-6-2-1-5-14(15)16)20-9-3-4-13(12-20)17-19-8-11-23-17/h1-2,5-6,8,11,13,15H,3-4,7,9-10,12H2/t13-,15+/m0/s1. The second-order valence-electron chi connectivity index (χ2n) is 6.22. The number of hydrogen-bond acceptors (Lipinski definition) is 4. The van der Waals surface area contributed by atoms with Crippen LogP contribution >= 0.6 is 11.3 Å². The van der Waals surface area contributed by atoms with Gasteiger partial charge in [0.05, 0.1) is 17.5 Å². The summed E-state index contributed by atoms with van der Waals surface area (Å²) >= 11 is 1.70. The van der Waals surface area contributed by atoms with Gasteiger partial charge in [-0.3, -0.25) is 4.79 Å². The van der Waals surface area contributed by atoms with Gasteiger partial charge in [0.25, 0.3) is 0 Å². The van der Waals surface area contributed by atoms with Crippen LogP contribution in [0.3, 0.4) is 0 Å². The zero-order valence-electron chi connectivity index (χ0n) is 13.0. The Bertz CT molecular complexity index is 686. The van der Waals surface area contributed by atoms with Crippen molar-refractivity contribution >= 4 is 17.2 Å². The van der Waals surface area contributed by atoms with Crippen LogP contribution < -0.4 is 4.74 Å². The molecule has 0 unspecified atom stereocenters. The zero-order valence-corrected chi connectivity index (χ0v) is 13.8. The average molecular weight is 328 g/mol. The van der Waals surface area contributed by atoms with Crippen LogP contribution in [-0.2, 0) is 4.79 Å². The quantitative estimate of drug-likeness (QED) is 0.848. The fourth-order valence-corrected chi connectivity index (χ4v) is 4.40. The minimum absolute atomic E-state index is 0.0602. The Morgan fingerprint density at radius 3 is 3.09 bits per heavy atom. The molecule has 23 heavy (non-hydrogen) atoms. The largest absolute Gasteiger partial charge is 0.493 e. The number of para-hydroxylation sites is 1. The van der Waals surface area contributed by atoms with Gasteiger partial charge < -0.3 is 9.64 Å². The molecule has 4 nitrogen and oxygen atoms in total. The Morgan fingerprint density at radius 2 is 2.22 bits per heavy atom. The molecule has 2 aromatic rings. The van der Waals surface area contributed by atoms with Crippen molar-refractivity contribution in [2.45, 2.75) is 31.1 Å². The molecule has 0 saturated carbocycles. The van der Waals surface area contributed by atoms with Crippen LogP contribution in [0.2, 0.25) is 0 Å². The highest BCUT2D eigenvalue weighted by Crippen LogP contribution is 2.36. The number of amides is 1. The first-order valence-corrected chi connectivity index (χ1v) is 9.11. The molecule has 3 heterocycles. The predicted octanol–water partition coefficient (Wildman–Crippen LogP) is 3.42. The van der Waals surface area contributed by atoms with E-state index in [4.69, 9.17) is 4.74 Å². The number of fused-ring (bicyclic) bond motifs is 1. The summed E-state index contributed by atoms with van der Waals surface area (Å²) in [6.45, 7) is 2.28. The second-order valence-corrected chi connectivity index (χ2v) is 7.15. The fraction of sp³-hybridized carbons (Fsp3) is 0.444. The summed E-state index contributed by atoms with van der Waals surface area (Å²) < 4.78 is 5.69. The molecule has 1 aromatic carbocycles. The Hall–Kier alpha value is -1.88. The predicted molar refractivity (Wildman–Crippen MR) is 90.0 cm³/mol. The summed E-state index contributed by atoms with van der Waals surface area (Å²) in [7, 11) is 0. The Labute approximate surface area is 140 Å². The molecule has 2 atom stereocenters. The normalized spacial score (nSPS) is 23.9. The number of aromatic nitrogens is 1. The van der Waals surface area contributed by atoms with Crippen molar-refractivity contribution in [3.63, 3.8) is 0 Å². The number of likely N-dealkylation sites (tertiary alicyclic amines) is 1. The van der Waals surface area contributed by atoms with Crippen molar-refractivity contribution in [2.24, 2.45) is 0 Å². The summed E-state index contributed by atoms with van der Waals surface area (Å²) in [5.41, 5.74) is 1.04. The lowest BCUT2D eigenvalue weighted by Crippen LogP contribution is -2.42. The van der Waals surface area contributed by atoms with Crippen molar-refractivity contribution < 1.29 is 9.53 Å². The molecule has 1 saturated heterocycles. The number of nitrogens with zero attached hydrogens (tertiary/aromatic N) is 2. The lowest BCUT2D eigenvalue weighted by molar-refractivity contribution is -0.134. The first-order valence-electron chi connectivity index (χ1n) is 8.23. The van der Waals surface area contributed by atoms with E-state index in [1.54, 1.807) is 11.3 Å². The minimum atomic E-state index is -0.0602. The maximum atomic E-state index is 13.1. The van der Waals surface area contributed by atoms with Crippen LogP contribution in [0.1, 0.15) is 41.7 Å². The third-order valence-electron chi connectivity index (χ3n) is 4.79. The summed E-state index contributed by atoms with van der Waals surface area (Å²) in [6, 6.07) is 7.94. The highest BCUT2D eigenvalue weighted by Gasteiger charge is 2.33. The third kappa shape index (κ3) is 2.85. The van der Waals surface area contributed by atoms with Gasteiger partial charge >= 0.3 is 0 Å². The Morgan fingerprint density at radius 1 is 1.30 bits per heavy atom. The van der Waals surface area contributed by atoms with E-state index in [1.165, 1.54) is 0 Å². The third-order valence-corrected chi connectivity index (χ3v) is 5.73. The van der Waals surface area contributed by atoms with E-state index in [0.29, 0.717) is 12.5 Å². The topological polar surface area (TPSA) is 42.4 Å². The number of thiazole rings is 1. The van der Waals surface area contributed by atoms with E-state index >= 15 is 0 Å². The van der Waals surface area contributed by atoms with Crippen molar-refractivity contribution in [3.05, 3.63) is 46.4 Å². The van der Waals surface area contributed by atoms with E-state index in [1.807, 2.05) is 40.7 Å². The first-order chi connectivity index (χ1) is 11.3. The molecule has 0 aliphatic carbocycles. The van der Waals surface area contributed by atoms with Gasteiger partial charge in [-0.2, -0.15) is 0 Å². The van der Waals surface area contributed by atoms with Crippen LogP contribution in [0.15, 0.2) is 35.8 Å². The number of benzene rings is 1. The highest BCUT2D eigenvalue weighted by atomic mass is 32.1. The molecule has 2 aliphatic rings. The van der Waals surface area contributed by atoms with Crippen LogP contribution in [0.4, 0.5) is 0 Å². The molecule has 0 bridgehead atoms. The Kier molecular flexibility index (Phi) is 4.04. The molecular formula is C18H20N2O2S. The number of ether oxygens (including phenoxy) is 1. The molecular weight excluding hydrogens is 308 g/mol. The number of rotatable bonds is 2. The van der Waals surface area contributed by atoms with Gasteiger partial charge in [-0.25, -0.2) is 4.98 Å². The van der Waals surface area contributed by atoms with Crippen molar-refractivity contribution in [1.29, 1.82) is 0 Å². The van der Waals surface area contributed by atoms with Crippen LogP contribution in [0.25, 0.3) is 0 Å². The van der Waals surface area contributed by atoms with E-state index in [9.17, 15) is 4.79 Å². The number of piperidine rings is 1. The van der Waals surface area contributed by atoms with Crippen LogP contribution in [0, 0.1) is 0 Å². The number of carbonyl (C=O) groups is 1. The number of carbonyl (C=O) groups excluding carboxylic acids is 1. The SMILES string of the molecule is O=C([C@@H]1CCOc2ccccc21)N1CCC[C@H](c2nccs2)C1. The molecule has 0 spiro atoms. The smallest absolute Gasteiger partial charge is 0.230 e. The van der Waals surface area contributed by atoms with Gasteiger partial charge in [0.1, 0.15) is 5.75 Å². The Balaban J connectivity index is 1.53. The molecule has 0 radical (unpaired) electrons. The van der Waals surface area contributed by atoms with Gasteiger partial charge in [0.15, 0.2) is 0 Å². The molecule has 1 aromatic heterocycles. The summed E-state index contributed by atoms with van der Waals surface area (Å²) in [6.07, 6.45) is 4.81. The van der Waals surface area contributed by atoms with Gasteiger partial charge in [-0.15, -0.1) is 11.3 Å². The van der Waals surface area contributed by atoms with Gasteiger partial charge in [0, 0.05) is 36.1 Å². The van der Waals surface area contributed by atoms with E-state index in [-0.39, 0.29) is 11.8 Å². The van der Waals surface area contributed by atoms with Gasteiger partial charge in [-0.1, -0.05) is 18.2 Å². The molecule has 120 valence electrons. The van der Waals surface area contributed by atoms with E-state index in [2.05, 4.69) is 4.98 Å². The minimum Gasteiger partial charge on any atom is -0.493 e. The molecule has 1 fully saturated rings. The van der Waals surface area contributed by atoms with E-state index in [0.717, 1.165) is 48.7 Å². The maximum Gasteiger partial charge on any atom is 0.230 e. The maximum absolute atomic E-state index is 13.1. The van der Waals surface area contributed by atoms with Crippen LogP contribution in [-0.4, -0.2) is 35.5 Å². The lowest BCUT2D eigenvalue weighted by Gasteiger charge is -2.35. The highest BCUT2D eigenvalue weighted by molar-refractivity contribution is 7.09. The molecule has 4 rings (SSSR count). The summed E-state index contributed by atoms with van der Waals surface area (Å²) in [4.78, 5) is 19.6. The summed E-state index contributed by atoms with van der Waals surface area (Å²) in [5, 5.41) is 3.18. The molecule has 5 heteroatoms. The number of hydrogen-bond donors (Lipinski definition) is 0. The van der Waals surface area contributed by atoms with Crippen molar-refractivity contribution in [1.82, 2.24) is 9.88 Å². The van der Waals surface area contributed by atoms with Crippen molar-refractivity contribution in [2.75, 3.05) is 19.7 Å².